The Labute approximate surface area is 127 Å². The lowest BCUT2D eigenvalue weighted by Crippen LogP contribution is -2.32. The van der Waals surface area contributed by atoms with Crippen LogP contribution in [0.5, 0.6) is 0 Å². The molecule has 1 aliphatic heterocycles. The van der Waals surface area contributed by atoms with Crippen LogP contribution in [0.4, 0.5) is 10.3 Å². The first kappa shape index (κ1) is 13.8. The van der Waals surface area contributed by atoms with Gasteiger partial charge in [0.2, 0.25) is 0 Å². The molecule has 0 bridgehead atoms. The average Bonchev–Trinajstić information content (AvgIpc) is 3.08. The molecule has 0 spiro atoms. The van der Waals surface area contributed by atoms with Crippen LogP contribution in [-0.2, 0) is 0 Å². The number of nitrogens with one attached hydrogen (secondary N) is 1. The van der Waals surface area contributed by atoms with E-state index in [9.17, 15) is 0 Å². The van der Waals surface area contributed by atoms with Crippen LogP contribution in [0.1, 0.15) is 26.7 Å². The molecule has 0 radical (unpaired) electrons. The zero-order valence-electron chi connectivity index (χ0n) is 11.9. The van der Waals surface area contributed by atoms with Gasteiger partial charge in [0.15, 0.2) is 10.3 Å². The van der Waals surface area contributed by atoms with Crippen molar-refractivity contribution in [2.24, 2.45) is 5.92 Å². The van der Waals surface area contributed by atoms with E-state index in [1.165, 1.54) is 12.8 Å². The SMILES string of the molecule is CCNc1nc(-c2csc(N3CCC(C)CC3)n2)cs1. The predicted molar refractivity (Wildman–Crippen MR) is 88.0 cm³/mol. The summed E-state index contributed by atoms with van der Waals surface area (Å²) in [5.74, 6) is 0.854. The maximum Gasteiger partial charge on any atom is 0.185 e. The Morgan fingerprint density at radius 2 is 1.90 bits per heavy atom. The predicted octanol–water partition coefficient (Wildman–Crippen LogP) is 3.93. The van der Waals surface area contributed by atoms with Crippen LogP contribution in [0, 0.1) is 5.92 Å². The molecule has 3 rings (SSSR count). The van der Waals surface area contributed by atoms with E-state index in [-0.39, 0.29) is 0 Å². The fourth-order valence-electron chi connectivity index (χ4n) is 2.35. The van der Waals surface area contributed by atoms with Gasteiger partial charge in [0, 0.05) is 30.4 Å². The molecule has 0 atom stereocenters. The van der Waals surface area contributed by atoms with E-state index >= 15 is 0 Å². The zero-order valence-corrected chi connectivity index (χ0v) is 13.6. The molecule has 2 aromatic rings. The fraction of sp³-hybridized carbons (Fsp3) is 0.571. The Morgan fingerprint density at radius 3 is 2.65 bits per heavy atom. The molecule has 0 aliphatic carbocycles. The molecule has 108 valence electrons. The third-order valence-electron chi connectivity index (χ3n) is 3.64. The number of hydrogen-bond donors (Lipinski definition) is 1. The molecule has 20 heavy (non-hydrogen) atoms. The van der Waals surface area contributed by atoms with E-state index in [2.05, 4.69) is 39.8 Å². The minimum absolute atomic E-state index is 0.854. The summed E-state index contributed by atoms with van der Waals surface area (Å²) in [4.78, 5) is 11.7. The van der Waals surface area contributed by atoms with Gasteiger partial charge in [0.25, 0.3) is 0 Å². The minimum Gasteiger partial charge on any atom is -0.362 e. The number of rotatable bonds is 4. The van der Waals surface area contributed by atoms with Gasteiger partial charge < -0.3 is 10.2 Å². The van der Waals surface area contributed by atoms with Crippen LogP contribution in [0.25, 0.3) is 11.4 Å². The highest BCUT2D eigenvalue weighted by Gasteiger charge is 2.19. The molecular formula is C14H20N4S2. The standard InChI is InChI=1S/C14H20N4S2/c1-3-15-13-16-11(8-19-13)12-9-20-14(17-12)18-6-4-10(2)5-7-18/h8-10H,3-7H2,1-2H3,(H,15,16). The summed E-state index contributed by atoms with van der Waals surface area (Å²) in [5.41, 5.74) is 1.99. The zero-order chi connectivity index (χ0) is 13.9. The smallest absolute Gasteiger partial charge is 0.185 e. The molecule has 0 amide bonds. The number of nitrogens with zero attached hydrogens (tertiary/aromatic N) is 3. The fourth-order valence-corrected chi connectivity index (χ4v) is 4.00. The number of aromatic nitrogens is 2. The molecule has 0 aromatic carbocycles. The van der Waals surface area contributed by atoms with Gasteiger partial charge in [0.05, 0.1) is 0 Å². The molecular weight excluding hydrogens is 288 g/mol. The van der Waals surface area contributed by atoms with Crippen LogP contribution >= 0.6 is 22.7 Å². The van der Waals surface area contributed by atoms with Gasteiger partial charge in [-0.3, -0.25) is 0 Å². The van der Waals surface area contributed by atoms with Crippen molar-refractivity contribution in [1.29, 1.82) is 0 Å². The maximum atomic E-state index is 4.76. The summed E-state index contributed by atoms with van der Waals surface area (Å²) in [6.07, 6.45) is 2.55. The summed E-state index contributed by atoms with van der Waals surface area (Å²) in [6, 6.07) is 0. The van der Waals surface area contributed by atoms with E-state index in [0.29, 0.717) is 0 Å². The van der Waals surface area contributed by atoms with Gasteiger partial charge in [0.1, 0.15) is 11.4 Å². The number of anilines is 2. The monoisotopic (exact) mass is 308 g/mol. The number of hydrogen-bond acceptors (Lipinski definition) is 6. The third kappa shape index (κ3) is 2.96. The summed E-state index contributed by atoms with van der Waals surface area (Å²) >= 11 is 3.38. The van der Waals surface area contributed by atoms with E-state index in [4.69, 9.17) is 4.98 Å². The van der Waals surface area contributed by atoms with Crippen molar-refractivity contribution in [2.45, 2.75) is 26.7 Å². The summed E-state index contributed by atoms with van der Waals surface area (Å²) in [6.45, 7) is 7.59. The molecule has 6 heteroatoms. The second-order valence-electron chi connectivity index (χ2n) is 5.25. The third-order valence-corrected chi connectivity index (χ3v) is 5.34. The Morgan fingerprint density at radius 1 is 1.20 bits per heavy atom. The Hall–Kier alpha value is -1.14. The van der Waals surface area contributed by atoms with Gasteiger partial charge >= 0.3 is 0 Å². The van der Waals surface area contributed by atoms with Crippen molar-refractivity contribution in [3.05, 3.63) is 10.8 Å². The van der Waals surface area contributed by atoms with Gasteiger partial charge in [-0.05, 0) is 25.7 Å². The topological polar surface area (TPSA) is 41.1 Å². The van der Waals surface area contributed by atoms with E-state index in [1.54, 1.807) is 22.7 Å². The van der Waals surface area contributed by atoms with E-state index in [0.717, 1.165) is 47.2 Å². The van der Waals surface area contributed by atoms with Crippen molar-refractivity contribution in [2.75, 3.05) is 29.9 Å². The molecule has 2 aromatic heterocycles. The normalized spacial score (nSPS) is 16.6. The molecule has 1 fully saturated rings. The number of thiazole rings is 2. The first-order valence-electron chi connectivity index (χ1n) is 7.16. The van der Waals surface area contributed by atoms with Crippen molar-refractivity contribution in [1.82, 2.24) is 9.97 Å². The Balaban J connectivity index is 1.72. The molecule has 0 saturated carbocycles. The van der Waals surface area contributed by atoms with Gasteiger partial charge in [-0.1, -0.05) is 6.92 Å². The lowest BCUT2D eigenvalue weighted by molar-refractivity contribution is 0.438. The lowest BCUT2D eigenvalue weighted by Gasteiger charge is -2.29. The van der Waals surface area contributed by atoms with E-state index < -0.39 is 0 Å². The quantitative estimate of drug-likeness (QED) is 0.929. The highest BCUT2D eigenvalue weighted by Crippen LogP contribution is 2.31. The largest absolute Gasteiger partial charge is 0.362 e. The van der Waals surface area contributed by atoms with Crippen LogP contribution in [0.3, 0.4) is 0 Å². The molecule has 1 aliphatic rings. The molecule has 0 unspecified atom stereocenters. The van der Waals surface area contributed by atoms with Gasteiger partial charge in [-0.2, -0.15) is 0 Å². The Bertz CT molecular complexity index is 555. The molecule has 3 heterocycles. The highest BCUT2D eigenvalue weighted by molar-refractivity contribution is 7.14. The summed E-state index contributed by atoms with van der Waals surface area (Å²) < 4.78 is 0. The number of piperidine rings is 1. The van der Waals surface area contributed by atoms with Crippen molar-refractivity contribution >= 4 is 32.9 Å². The van der Waals surface area contributed by atoms with Crippen LogP contribution < -0.4 is 10.2 Å². The molecule has 1 N–H and O–H groups in total. The van der Waals surface area contributed by atoms with Crippen LogP contribution in [-0.4, -0.2) is 29.6 Å². The van der Waals surface area contributed by atoms with Gasteiger partial charge in [-0.25, -0.2) is 9.97 Å². The van der Waals surface area contributed by atoms with Crippen molar-refractivity contribution in [3.8, 4) is 11.4 Å². The lowest BCUT2D eigenvalue weighted by atomic mass is 10.00. The van der Waals surface area contributed by atoms with Crippen molar-refractivity contribution in [3.63, 3.8) is 0 Å². The van der Waals surface area contributed by atoms with Crippen LogP contribution in [0.15, 0.2) is 10.8 Å². The average molecular weight is 308 g/mol. The second-order valence-corrected chi connectivity index (χ2v) is 6.95. The first-order chi connectivity index (χ1) is 9.76. The second kappa shape index (κ2) is 6.10. The molecule has 4 nitrogen and oxygen atoms in total. The van der Waals surface area contributed by atoms with Crippen LogP contribution in [0.2, 0.25) is 0 Å². The maximum absolute atomic E-state index is 4.76. The van der Waals surface area contributed by atoms with E-state index in [1.807, 2.05) is 0 Å². The van der Waals surface area contributed by atoms with Gasteiger partial charge in [-0.15, -0.1) is 22.7 Å². The highest BCUT2D eigenvalue weighted by atomic mass is 32.1. The summed E-state index contributed by atoms with van der Waals surface area (Å²) in [7, 11) is 0. The van der Waals surface area contributed by atoms with Crippen molar-refractivity contribution < 1.29 is 0 Å². The Kier molecular flexibility index (Phi) is 4.21. The molecule has 1 saturated heterocycles. The summed E-state index contributed by atoms with van der Waals surface area (Å²) in [5, 5.41) is 9.57. The first-order valence-corrected chi connectivity index (χ1v) is 8.92. The minimum atomic E-state index is 0.854.